The van der Waals surface area contributed by atoms with Gasteiger partial charge < -0.3 is 20.5 Å². The molecule has 0 radical (unpaired) electrons. The fraction of sp³-hybridized carbons (Fsp3) is 0.360. The fourth-order valence-electron chi connectivity index (χ4n) is 4.61. The van der Waals surface area contributed by atoms with Crippen molar-refractivity contribution < 1.29 is 9.84 Å². The maximum absolute atomic E-state index is 8.95. The fourth-order valence-corrected chi connectivity index (χ4v) is 4.61. The van der Waals surface area contributed by atoms with Crippen LogP contribution in [-0.4, -0.2) is 46.4 Å². The Labute approximate surface area is 188 Å². The van der Waals surface area contributed by atoms with Crippen molar-refractivity contribution in [2.75, 3.05) is 31.6 Å². The average Bonchev–Trinajstić information content (AvgIpc) is 3.13. The van der Waals surface area contributed by atoms with Crippen LogP contribution < -0.4 is 15.4 Å². The molecule has 7 heteroatoms. The van der Waals surface area contributed by atoms with E-state index in [1.165, 1.54) is 22.3 Å². The average molecular weight is 432 g/mol. The van der Waals surface area contributed by atoms with Crippen molar-refractivity contribution in [2.24, 2.45) is 0 Å². The standard InChI is InChI=1S/C25H29N5O2/c1-17-25-22-7-2-19(18-8-11-26-12-9-18)16-23(22)24(10-13-30(25)29-28-17)27-20-3-5-21(6-4-20)32-15-14-31/h2-8,16,24,26-27,31H,9-15H2,1H3. The zero-order valence-electron chi connectivity index (χ0n) is 18.3. The quantitative estimate of drug-likeness (QED) is 0.554. The van der Waals surface area contributed by atoms with Gasteiger partial charge in [-0.25, -0.2) is 4.68 Å². The lowest BCUT2D eigenvalue weighted by molar-refractivity contribution is 0.201. The number of benzene rings is 2. The van der Waals surface area contributed by atoms with Gasteiger partial charge in [0.05, 0.1) is 24.0 Å². The number of rotatable bonds is 6. The van der Waals surface area contributed by atoms with E-state index in [4.69, 9.17) is 9.84 Å². The molecule has 0 saturated heterocycles. The Morgan fingerprint density at radius 1 is 1.22 bits per heavy atom. The number of hydrogen-bond donors (Lipinski definition) is 3. The highest BCUT2D eigenvalue weighted by atomic mass is 16.5. The van der Waals surface area contributed by atoms with Gasteiger partial charge in [-0.15, -0.1) is 5.10 Å². The molecule has 0 fully saturated rings. The van der Waals surface area contributed by atoms with Crippen molar-refractivity contribution in [3.8, 4) is 17.0 Å². The van der Waals surface area contributed by atoms with E-state index in [-0.39, 0.29) is 12.6 Å². The van der Waals surface area contributed by atoms with Gasteiger partial charge in [0.2, 0.25) is 0 Å². The second-order valence-electron chi connectivity index (χ2n) is 8.31. The van der Waals surface area contributed by atoms with E-state index in [1.807, 2.05) is 35.9 Å². The minimum absolute atomic E-state index is 0.0107. The number of nitrogens with one attached hydrogen (secondary N) is 2. The van der Waals surface area contributed by atoms with Gasteiger partial charge in [0.15, 0.2) is 0 Å². The molecule has 5 rings (SSSR count). The molecule has 166 valence electrons. The van der Waals surface area contributed by atoms with Crippen LogP contribution in [0.5, 0.6) is 5.75 Å². The van der Waals surface area contributed by atoms with Gasteiger partial charge in [-0.2, -0.15) is 0 Å². The molecular weight excluding hydrogens is 402 g/mol. The van der Waals surface area contributed by atoms with Crippen LogP contribution in [0.2, 0.25) is 0 Å². The highest BCUT2D eigenvalue weighted by molar-refractivity contribution is 5.74. The van der Waals surface area contributed by atoms with Crippen LogP contribution in [-0.2, 0) is 6.54 Å². The van der Waals surface area contributed by atoms with Gasteiger partial charge in [0.1, 0.15) is 12.4 Å². The second-order valence-corrected chi connectivity index (χ2v) is 8.31. The number of anilines is 1. The minimum atomic E-state index is 0.0107. The van der Waals surface area contributed by atoms with Crippen molar-refractivity contribution in [3.05, 3.63) is 65.4 Å². The first kappa shape index (κ1) is 20.7. The van der Waals surface area contributed by atoms with Crippen molar-refractivity contribution in [2.45, 2.75) is 32.4 Å². The smallest absolute Gasteiger partial charge is 0.119 e. The van der Waals surface area contributed by atoms with Gasteiger partial charge in [-0.1, -0.05) is 23.4 Å². The van der Waals surface area contributed by atoms with Gasteiger partial charge in [-0.3, -0.25) is 0 Å². The third-order valence-corrected chi connectivity index (χ3v) is 6.21. The maximum atomic E-state index is 8.95. The Morgan fingerprint density at radius 3 is 2.88 bits per heavy atom. The molecular formula is C25H29N5O2. The number of ether oxygens (including phenoxy) is 1. The summed E-state index contributed by atoms with van der Waals surface area (Å²) in [7, 11) is 0. The topological polar surface area (TPSA) is 84.2 Å². The first-order valence-corrected chi connectivity index (χ1v) is 11.3. The predicted octanol–water partition coefficient (Wildman–Crippen LogP) is 3.56. The molecule has 1 atom stereocenters. The van der Waals surface area contributed by atoms with E-state index in [0.29, 0.717) is 6.61 Å². The highest BCUT2D eigenvalue weighted by Gasteiger charge is 2.26. The summed E-state index contributed by atoms with van der Waals surface area (Å²) >= 11 is 0. The Kier molecular flexibility index (Phi) is 5.92. The van der Waals surface area contributed by atoms with Crippen LogP contribution >= 0.6 is 0 Å². The molecule has 7 nitrogen and oxygen atoms in total. The number of aromatic nitrogens is 3. The first-order chi connectivity index (χ1) is 15.7. The van der Waals surface area contributed by atoms with Crippen LogP contribution in [0, 0.1) is 6.92 Å². The summed E-state index contributed by atoms with van der Waals surface area (Å²) in [5.74, 6) is 0.757. The van der Waals surface area contributed by atoms with E-state index < -0.39 is 0 Å². The zero-order valence-corrected chi connectivity index (χ0v) is 18.3. The largest absolute Gasteiger partial charge is 0.491 e. The summed E-state index contributed by atoms with van der Waals surface area (Å²) in [6.07, 6.45) is 4.26. The summed E-state index contributed by atoms with van der Waals surface area (Å²) in [5.41, 5.74) is 8.30. The van der Waals surface area contributed by atoms with Crippen LogP contribution in [0.3, 0.4) is 0 Å². The number of aliphatic hydroxyl groups excluding tert-OH is 1. The molecule has 1 unspecified atom stereocenters. The van der Waals surface area contributed by atoms with Gasteiger partial charge in [0, 0.05) is 24.3 Å². The predicted molar refractivity (Wildman–Crippen MR) is 126 cm³/mol. The monoisotopic (exact) mass is 431 g/mol. The molecule has 2 aliphatic rings. The SMILES string of the molecule is Cc1nnn2c1-c1ccc(C3=CCNCC3)cc1C(Nc1ccc(OCCO)cc1)CC2. The normalized spacial score (nSPS) is 17.7. The summed E-state index contributed by atoms with van der Waals surface area (Å²) in [6, 6.07) is 14.9. The van der Waals surface area contributed by atoms with E-state index in [1.54, 1.807) is 0 Å². The summed E-state index contributed by atoms with van der Waals surface area (Å²) in [6.45, 7) is 5.10. The van der Waals surface area contributed by atoms with E-state index in [2.05, 4.69) is 45.2 Å². The molecule has 3 N–H and O–H groups in total. The molecule has 0 saturated carbocycles. The van der Waals surface area contributed by atoms with Crippen molar-refractivity contribution >= 4 is 11.3 Å². The van der Waals surface area contributed by atoms with Crippen LogP contribution in [0.4, 0.5) is 5.69 Å². The molecule has 3 heterocycles. The van der Waals surface area contributed by atoms with Crippen molar-refractivity contribution in [3.63, 3.8) is 0 Å². The highest BCUT2D eigenvalue weighted by Crippen LogP contribution is 2.38. The molecule has 0 spiro atoms. The second kappa shape index (κ2) is 9.14. The number of nitrogens with zero attached hydrogens (tertiary/aromatic N) is 3. The maximum Gasteiger partial charge on any atom is 0.119 e. The molecule has 32 heavy (non-hydrogen) atoms. The van der Waals surface area contributed by atoms with Crippen LogP contribution in [0.15, 0.2) is 48.5 Å². The number of fused-ring (bicyclic) bond motifs is 3. The number of hydrogen-bond acceptors (Lipinski definition) is 6. The van der Waals surface area contributed by atoms with Gasteiger partial charge in [0.25, 0.3) is 0 Å². The lowest BCUT2D eigenvalue weighted by Gasteiger charge is -2.23. The number of aryl methyl sites for hydroxylation is 2. The first-order valence-electron chi connectivity index (χ1n) is 11.3. The Balaban J connectivity index is 1.50. The molecule has 1 aromatic heterocycles. The molecule has 3 aromatic rings. The van der Waals surface area contributed by atoms with Crippen LogP contribution in [0.25, 0.3) is 16.8 Å². The lowest BCUT2D eigenvalue weighted by atomic mass is 9.90. The molecule has 0 bridgehead atoms. The molecule has 2 aliphatic heterocycles. The van der Waals surface area contributed by atoms with Crippen LogP contribution in [0.1, 0.15) is 35.7 Å². The Morgan fingerprint density at radius 2 is 2.09 bits per heavy atom. The molecule has 0 aliphatic carbocycles. The Bertz CT molecular complexity index is 1120. The summed E-state index contributed by atoms with van der Waals surface area (Å²) in [4.78, 5) is 0. The minimum Gasteiger partial charge on any atom is -0.491 e. The van der Waals surface area contributed by atoms with Crippen molar-refractivity contribution in [1.82, 2.24) is 20.3 Å². The van der Waals surface area contributed by atoms with E-state index in [9.17, 15) is 0 Å². The van der Waals surface area contributed by atoms with E-state index in [0.717, 1.165) is 55.3 Å². The summed E-state index contributed by atoms with van der Waals surface area (Å²) < 4.78 is 7.53. The Hall–Kier alpha value is -3.16. The third-order valence-electron chi connectivity index (χ3n) is 6.21. The van der Waals surface area contributed by atoms with Gasteiger partial charge >= 0.3 is 0 Å². The van der Waals surface area contributed by atoms with E-state index >= 15 is 0 Å². The zero-order chi connectivity index (χ0) is 21.9. The van der Waals surface area contributed by atoms with Gasteiger partial charge in [-0.05, 0) is 73.3 Å². The lowest BCUT2D eigenvalue weighted by Crippen LogP contribution is -2.20. The third kappa shape index (κ3) is 4.13. The molecule has 0 amide bonds. The summed E-state index contributed by atoms with van der Waals surface area (Å²) in [5, 5.41) is 24.8. The molecule has 2 aromatic carbocycles. The number of aliphatic hydroxyl groups is 1. The van der Waals surface area contributed by atoms with Crippen molar-refractivity contribution in [1.29, 1.82) is 0 Å².